The number of hydrogen-bond acceptors (Lipinski definition) is 5. The molecule has 19 heavy (non-hydrogen) atoms. The molecule has 0 amide bonds. The standard InChI is InChI=1S/C10H12N4O4S/c1-2-18-10(15)8-7-11-12-9(8)19(16,17)13-14-5-3-4-6-14/h3-7,13H,2H2,1H3,(H,11,12). The zero-order valence-electron chi connectivity index (χ0n) is 10.0. The van der Waals surface area contributed by atoms with E-state index in [-0.39, 0.29) is 17.2 Å². The molecular weight excluding hydrogens is 272 g/mol. The van der Waals surface area contributed by atoms with Crippen LogP contribution in [0.2, 0.25) is 0 Å². The van der Waals surface area contributed by atoms with Crippen molar-refractivity contribution in [3.05, 3.63) is 36.3 Å². The van der Waals surface area contributed by atoms with Gasteiger partial charge in [0.1, 0.15) is 5.56 Å². The fourth-order valence-electron chi connectivity index (χ4n) is 1.41. The van der Waals surface area contributed by atoms with Gasteiger partial charge in [0.05, 0.1) is 12.8 Å². The van der Waals surface area contributed by atoms with Crippen molar-refractivity contribution in [3.8, 4) is 0 Å². The molecule has 2 aromatic heterocycles. The predicted octanol–water partition coefficient (Wildman–Crippen LogP) is 0.320. The highest BCUT2D eigenvalue weighted by Crippen LogP contribution is 2.13. The molecule has 2 N–H and O–H groups in total. The normalized spacial score (nSPS) is 11.2. The number of rotatable bonds is 5. The number of esters is 1. The topological polar surface area (TPSA) is 106 Å². The molecule has 0 aliphatic heterocycles. The summed E-state index contributed by atoms with van der Waals surface area (Å²) in [5.74, 6) is -0.746. The molecule has 0 aromatic carbocycles. The van der Waals surface area contributed by atoms with Crippen LogP contribution < -0.4 is 4.83 Å². The van der Waals surface area contributed by atoms with Crippen LogP contribution in [0, 0.1) is 0 Å². The quantitative estimate of drug-likeness (QED) is 0.769. The first-order valence-electron chi connectivity index (χ1n) is 5.41. The first-order chi connectivity index (χ1) is 9.04. The Morgan fingerprint density at radius 3 is 2.79 bits per heavy atom. The molecule has 0 radical (unpaired) electrons. The minimum Gasteiger partial charge on any atom is -0.462 e. The smallest absolute Gasteiger partial charge is 0.342 e. The molecule has 8 nitrogen and oxygen atoms in total. The van der Waals surface area contributed by atoms with Crippen LogP contribution in [0.4, 0.5) is 0 Å². The van der Waals surface area contributed by atoms with Gasteiger partial charge in [-0.05, 0) is 19.1 Å². The number of aromatic amines is 1. The van der Waals surface area contributed by atoms with Gasteiger partial charge in [0.15, 0.2) is 5.03 Å². The number of hydrogen-bond donors (Lipinski definition) is 2. The highest BCUT2D eigenvalue weighted by atomic mass is 32.2. The van der Waals surface area contributed by atoms with Gasteiger partial charge in [0.25, 0.3) is 10.0 Å². The summed E-state index contributed by atoms with van der Waals surface area (Å²) >= 11 is 0. The van der Waals surface area contributed by atoms with Crippen molar-refractivity contribution in [3.63, 3.8) is 0 Å². The van der Waals surface area contributed by atoms with Crippen LogP contribution in [0.1, 0.15) is 17.3 Å². The number of carbonyl (C=O) groups is 1. The molecule has 2 heterocycles. The zero-order valence-corrected chi connectivity index (χ0v) is 10.8. The van der Waals surface area contributed by atoms with Gasteiger partial charge in [-0.2, -0.15) is 13.5 Å². The van der Waals surface area contributed by atoms with E-state index < -0.39 is 16.0 Å². The largest absolute Gasteiger partial charge is 0.462 e. The second-order valence-corrected chi connectivity index (χ2v) is 5.12. The van der Waals surface area contributed by atoms with E-state index in [0.29, 0.717) is 0 Å². The number of nitrogens with one attached hydrogen (secondary N) is 2. The SMILES string of the molecule is CCOC(=O)c1cn[nH]c1S(=O)(=O)Nn1cccc1. The third-order valence-corrected chi connectivity index (χ3v) is 3.50. The van der Waals surface area contributed by atoms with Crippen LogP contribution in [0.5, 0.6) is 0 Å². The van der Waals surface area contributed by atoms with E-state index in [2.05, 4.69) is 15.0 Å². The Hall–Kier alpha value is -2.29. The fraction of sp³-hybridized carbons (Fsp3) is 0.200. The van der Waals surface area contributed by atoms with Crippen LogP contribution in [0.15, 0.2) is 35.7 Å². The first-order valence-corrected chi connectivity index (χ1v) is 6.89. The maximum Gasteiger partial charge on any atom is 0.342 e. The van der Waals surface area contributed by atoms with Gasteiger partial charge < -0.3 is 4.74 Å². The lowest BCUT2D eigenvalue weighted by Gasteiger charge is -2.08. The van der Waals surface area contributed by atoms with E-state index in [1.54, 1.807) is 19.1 Å². The van der Waals surface area contributed by atoms with Gasteiger partial charge in [0.2, 0.25) is 0 Å². The Kier molecular flexibility index (Phi) is 3.56. The van der Waals surface area contributed by atoms with E-state index >= 15 is 0 Å². The Balaban J connectivity index is 2.31. The molecule has 0 aliphatic carbocycles. The first kappa shape index (κ1) is 13.1. The molecule has 0 bridgehead atoms. The molecule has 9 heteroatoms. The lowest BCUT2D eigenvalue weighted by Crippen LogP contribution is -2.24. The number of ether oxygens (including phenoxy) is 1. The number of carbonyl (C=O) groups excluding carboxylic acids is 1. The third kappa shape index (κ3) is 2.76. The Morgan fingerprint density at radius 1 is 1.47 bits per heavy atom. The second kappa shape index (κ2) is 5.14. The second-order valence-electron chi connectivity index (χ2n) is 3.52. The van der Waals surface area contributed by atoms with Crippen LogP contribution in [-0.2, 0) is 14.8 Å². The number of sulfonamides is 1. The van der Waals surface area contributed by atoms with E-state index in [4.69, 9.17) is 4.74 Å². The Labute approximate surface area is 109 Å². The average molecular weight is 284 g/mol. The summed E-state index contributed by atoms with van der Waals surface area (Å²) in [6, 6.07) is 3.31. The summed E-state index contributed by atoms with van der Waals surface area (Å²) in [5.41, 5.74) is -0.137. The summed E-state index contributed by atoms with van der Waals surface area (Å²) < 4.78 is 30.2. The summed E-state index contributed by atoms with van der Waals surface area (Å²) in [6.45, 7) is 1.78. The molecule has 0 saturated carbocycles. The molecule has 0 saturated heterocycles. The summed E-state index contributed by atoms with van der Waals surface area (Å²) in [7, 11) is -3.94. The van der Waals surface area contributed by atoms with Gasteiger partial charge in [-0.15, -0.1) is 0 Å². The maximum absolute atomic E-state index is 12.1. The molecule has 2 aromatic rings. The summed E-state index contributed by atoms with van der Waals surface area (Å²) in [6.07, 6.45) is 4.14. The molecule has 2 rings (SSSR count). The maximum atomic E-state index is 12.1. The number of nitrogens with zero attached hydrogens (tertiary/aromatic N) is 2. The molecule has 102 valence electrons. The van der Waals surface area contributed by atoms with E-state index in [1.165, 1.54) is 17.1 Å². The molecule has 0 aliphatic rings. The van der Waals surface area contributed by atoms with Crippen LogP contribution in [0.25, 0.3) is 0 Å². The predicted molar refractivity (Wildman–Crippen MR) is 65.5 cm³/mol. The van der Waals surface area contributed by atoms with Gasteiger partial charge in [0, 0.05) is 12.4 Å². The van der Waals surface area contributed by atoms with Gasteiger partial charge in [-0.3, -0.25) is 9.77 Å². The van der Waals surface area contributed by atoms with Crippen LogP contribution >= 0.6 is 0 Å². The number of H-pyrrole nitrogens is 1. The minimum atomic E-state index is -3.94. The highest BCUT2D eigenvalue weighted by Gasteiger charge is 2.25. The fourth-order valence-corrected chi connectivity index (χ4v) is 2.50. The monoisotopic (exact) mass is 284 g/mol. The van der Waals surface area contributed by atoms with Crippen molar-refractivity contribution in [2.75, 3.05) is 11.4 Å². The van der Waals surface area contributed by atoms with Crippen molar-refractivity contribution in [1.82, 2.24) is 14.9 Å². The zero-order chi connectivity index (χ0) is 13.9. The highest BCUT2D eigenvalue weighted by molar-refractivity contribution is 7.92. The molecule has 0 fully saturated rings. The van der Waals surface area contributed by atoms with Gasteiger partial charge in [-0.25, -0.2) is 9.63 Å². The van der Waals surface area contributed by atoms with Crippen molar-refractivity contribution < 1.29 is 17.9 Å². The lowest BCUT2D eigenvalue weighted by molar-refractivity contribution is 0.0522. The lowest BCUT2D eigenvalue weighted by atomic mass is 10.4. The molecular formula is C10H12N4O4S. The number of aromatic nitrogens is 3. The van der Waals surface area contributed by atoms with Crippen molar-refractivity contribution in [2.45, 2.75) is 11.9 Å². The average Bonchev–Trinajstić information content (AvgIpc) is 2.98. The molecule has 0 atom stereocenters. The Morgan fingerprint density at radius 2 is 2.16 bits per heavy atom. The third-order valence-electron chi connectivity index (χ3n) is 2.20. The van der Waals surface area contributed by atoms with Crippen molar-refractivity contribution in [2.24, 2.45) is 0 Å². The van der Waals surface area contributed by atoms with Gasteiger partial charge in [-0.1, -0.05) is 0 Å². The molecule has 0 unspecified atom stereocenters. The van der Waals surface area contributed by atoms with Gasteiger partial charge >= 0.3 is 5.97 Å². The van der Waals surface area contributed by atoms with Crippen LogP contribution in [0.3, 0.4) is 0 Å². The Bertz CT molecular complexity index is 660. The minimum absolute atomic E-state index is 0.137. The van der Waals surface area contributed by atoms with Crippen molar-refractivity contribution >= 4 is 16.0 Å². The van der Waals surface area contributed by atoms with E-state index in [1.807, 2.05) is 0 Å². The summed E-state index contributed by atoms with van der Waals surface area (Å²) in [4.78, 5) is 13.8. The van der Waals surface area contributed by atoms with E-state index in [0.717, 1.165) is 6.20 Å². The summed E-state index contributed by atoms with van der Waals surface area (Å²) in [5, 5.41) is 5.52. The molecule has 0 spiro atoms. The van der Waals surface area contributed by atoms with Crippen molar-refractivity contribution in [1.29, 1.82) is 0 Å². The van der Waals surface area contributed by atoms with E-state index in [9.17, 15) is 13.2 Å². The van der Waals surface area contributed by atoms with Crippen LogP contribution in [-0.4, -0.2) is 35.9 Å².